The predicted molar refractivity (Wildman–Crippen MR) is 103 cm³/mol. The van der Waals surface area contributed by atoms with E-state index in [2.05, 4.69) is 23.8 Å². The van der Waals surface area contributed by atoms with E-state index >= 15 is 0 Å². The van der Waals surface area contributed by atoms with Crippen molar-refractivity contribution in [1.82, 2.24) is 9.97 Å². The van der Waals surface area contributed by atoms with Crippen molar-refractivity contribution in [2.24, 2.45) is 0 Å². The third kappa shape index (κ3) is 4.19. The van der Waals surface area contributed by atoms with Gasteiger partial charge >= 0.3 is 0 Å². The quantitative estimate of drug-likeness (QED) is 0.728. The number of methoxy groups -OCH3 is 1. The molecule has 9 heteroatoms. The molecule has 0 amide bonds. The molecule has 0 unspecified atom stereocenters. The highest BCUT2D eigenvalue weighted by Crippen LogP contribution is 2.31. The second-order valence-corrected chi connectivity index (χ2v) is 8.03. The Hall–Kier alpha value is -2.06. The number of benzene rings is 1. The molecule has 142 valence electrons. The molecule has 0 aliphatic carbocycles. The summed E-state index contributed by atoms with van der Waals surface area (Å²) in [7, 11) is -2.44. The maximum atomic E-state index is 12.9. The Morgan fingerprint density at radius 2 is 1.88 bits per heavy atom. The van der Waals surface area contributed by atoms with Gasteiger partial charge in [-0.2, -0.15) is 4.98 Å². The lowest BCUT2D eigenvalue weighted by molar-refractivity contribution is 0.414. The number of rotatable bonds is 8. The van der Waals surface area contributed by atoms with Crippen LogP contribution in [0.15, 0.2) is 34.2 Å². The van der Waals surface area contributed by atoms with Crippen LogP contribution < -0.4 is 15.4 Å². The predicted octanol–water partition coefficient (Wildman–Crippen LogP) is 3.18. The van der Waals surface area contributed by atoms with Crippen LogP contribution >= 0.6 is 11.6 Å². The number of hydrogen-bond donors (Lipinski definition) is 1. The fraction of sp³-hybridized carbons (Fsp3) is 0.412. The summed E-state index contributed by atoms with van der Waals surface area (Å²) in [5.74, 6) is 0.733. The van der Waals surface area contributed by atoms with E-state index in [4.69, 9.17) is 22.1 Å². The highest BCUT2D eigenvalue weighted by atomic mass is 35.5. The molecule has 1 heterocycles. The van der Waals surface area contributed by atoms with Crippen LogP contribution in [0.2, 0.25) is 5.02 Å². The highest BCUT2D eigenvalue weighted by Gasteiger charge is 2.24. The summed E-state index contributed by atoms with van der Waals surface area (Å²) in [5, 5.41) is 0.196. The van der Waals surface area contributed by atoms with Crippen LogP contribution in [-0.4, -0.2) is 38.6 Å². The van der Waals surface area contributed by atoms with Crippen LogP contribution in [0, 0.1) is 0 Å². The smallest absolute Gasteiger partial charge is 0.227 e. The zero-order valence-electron chi connectivity index (χ0n) is 15.1. The molecule has 0 saturated heterocycles. The van der Waals surface area contributed by atoms with E-state index in [0.717, 1.165) is 25.9 Å². The van der Waals surface area contributed by atoms with Gasteiger partial charge in [0, 0.05) is 13.1 Å². The minimum atomic E-state index is -3.89. The van der Waals surface area contributed by atoms with Gasteiger partial charge in [-0.1, -0.05) is 25.4 Å². The Bertz CT molecular complexity index is 868. The third-order valence-corrected chi connectivity index (χ3v) is 5.83. The molecule has 2 rings (SSSR count). The van der Waals surface area contributed by atoms with E-state index in [-0.39, 0.29) is 20.6 Å². The van der Waals surface area contributed by atoms with Crippen molar-refractivity contribution in [2.75, 3.05) is 30.8 Å². The number of ether oxygens (including phenoxy) is 1. The fourth-order valence-electron chi connectivity index (χ4n) is 2.53. The van der Waals surface area contributed by atoms with E-state index in [1.807, 2.05) is 4.90 Å². The molecule has 2 aromatic rings. The number of nitrogens with two attached hydrogens (primary N) is 1. The number of anilines is 2. The minimum absolute atomic E-state index is 0.00493. The van der Waals surface area contributed by atoms with E-state index in [1.54, 1.807) is 0 Å². The number of nitrogen functional groups attached to an aromatic ring is 1. The Morgan fingerprint density at radius 1 is 1.23 bits per heavy atom. The second kappa shape index (κ2) is 8.55. The number of aromatic nitrogens is 2. The van der Waals surface area contributed by atoms with Crippen molar-refractivity contribution in [3.63, 3.8) is 0 Å². The van der Waals surface area contributed by atoms with E-state index < -0.39 is 9.84 Å². The molecule has 0 atom stereocenters. The molecule has 0 fully saturated rings. The summed E-state index contributed by atoms with van der Waals surface area (Å²) in [4.78, 5) is 10.3. The molecule has 0 aliphatic rings. The summed E-state index contributed by atoms with van der Waals surface area (Å²) in [6.45, 7) is 5.65. The van der Waals surface area contributed by atoms with Gasteiger partial charge in [0.25, 0.3) is 0 Å². The lowest BCUT2D eigenvalue weighted by Gasteiger charge is -2.21. The van der Waals surface area contributed by atoms with E-state index in [0.29, 0.717) is 11.7 Å². The molecule has 0 bridgehead atoms. The van der Waals surface area contributed by atoms with Gasteiger partial charge in [0.1, 0.15) is 16.5 Å². The zero-order chi connectivity index (χ0) is 19.3. The first-order valence-corrected chi connectivity index (χ1v) is 10.2. The van der Waals surface area contributed by atoms with Crippen molar-refractivity contribution in [2.45, 2.75) is 36.5 Å². The SMILES string of the molecule is CCCN(CCC)c1ncc(S(=O)(=O)c2ccc(OC)c(Cl)c2)c(N)n1. The lowest BCUT2D eigenvalue weighted by atomic mass is 10.3. The zero-order valence-corrected chi connectivity index (χ0v) is 16.6. The van der Waals surface area contributed by atoms with Crippen LogP contribution in [0.1, 0.15) is 26.7 Å². The highest BCUT2D eigenvalue weighted by molar-refractivity contribution is 7.91. The number of sulfone groups is 1. The maximum Gasteiger partial charge on any atom is 0.227 e. The van der Waals surface area contributed by atoms with Crippen LogP contribution in [0.4, 0.5) is 11.8 Å². The molecule has 0 saturated carbocycles. The van der Waals surface area contributed by atoms with Gasteiger partial charge in [-0.25, -0.2) is 13.4 Å². The maximum absolute atomic E-state index is 12.9. The monoisotopic (exact) mass is 398 g/mol. The van der Waals surface area contributed by atoms with Crippen molar-refractivity contribution in [1.29, 1.82) is 0 Å². The van der Waals surface area contributed by atoms with Gasteiger partial charge in [-0.3, -0.25) is 0 Å². The largest absolute Gasteiger partial charge is 0.495 e. The Balaban J connectivity index is 2.43. The summed E-state index contributed by atoms with van der Waals surface area (Å²) in [5.41, 5.74) is 5.95. The molecule has 26 heavy (non-hydrogen) atoms. The Morgan fingerprint density at radius 3 is 2.38 bits per heavy atom. The minimum Gasteiger partial charge on any atom is -0.495 e. The molecule has 0 aliphatic heterocycles. The normalized spacial score (nSPS) is 11.4. The van der Waals surface area contributed by atoms with Crippen molar-refractivity contribution in [3.8, 4) is 5.75 Å². The molecule has 2 N–H and O–H groups in total. The average Bonchev–Trinajstić information content (AvgIpc) is 2.61. The van der Waals surface area contributed by atoms with Gasteiger partial charge < -0.3 is 15.4 Å². The average molecular weight is 399 g/mol. The van der Waals surface area contributed by atoms with Gasteiger partial charge in [0.2, 0.25) is 15.8 Å². The molecule has 1 aromatic carbocycles. The molecular weight excluding hydrogens is 376 g/mol. The van der Waals surface area contributed by atoms with Crippen LogP contribution in [0.3, 0.4) is 0 Å². The Labute approximate surface area is 159 Å². The molecule has 7 nitrogen and oxygen atoms in total. The summed E-state index contributed by atoms with van der Waals surface area (Å²) < 4.78 is 30.8. The molecule has 0 radical (unpaired) electrons. The first-order valence-electron chi connectivity index (χ1n) is 8.31. The summed E-state index contributed by atoms with van der Waals surface area (Å²) in [6.07, 6.45) is 3.10. The van der Waals surface area contributed by atoms with Gasteiger partial charge in [0.05, 0.1) is 23.2 Å². The van der Waals surface area contributed by atoms with Gasteiger partial charge in [-0.05, 0) is 31.0 Å². The van der Waals surface area contributed by atoms with Crippen molar-refractivity contribution in [3.05, 3.63) is 29.4 Å². The fourth-order valence-corrected chi connectivity index (χ4v) is 4.14. The Kier molecular flexibility index (Phi) is 6.66. The van der Waals surface area contributed by atoms with E-state index in [9.17, 15) is 8.42 Å². The van der Waals surface area contributed by atoms with Crippen LogP contribution in [-0.2, 0) is 9.84 Å². The van der Waals surface area contributed by atoms with Crippen molar-refractivity contribution < 1.29 is 13.2 Å². The first kappa shape index (κ1) is 20.3. The van der Waals surface area contributed by atoms with Crippen LogP contribution in [0.5, 0.6) is 5.75 Å². The molecule has 0 spiro atoms. The second-order valence-electron chi connectivity index (χ2n) is 5.71. The standard InChI is InChI=1S/C17H23ClN4O3S/c1-4-8-22(9-5-2)17-20-11-15(16(19)21-17)26(23,24)12-6-7-14(25-3)13(18)10-12/h6-7,10-11H,4-5,8-9H2,1-3H3,(H2,19,20,21). The molecule has 1 aromatic heterocycles. The number of halogens is 1. The van der Waals surface area contributed by atoms with E-state index in [1.165, 1.54) is 31.5 Å². The molecular formula is C17H23ClN4O3S. The van der Waals surface area contributed by atoms with Gasteiger partial charge in [-0.15, -0.1) is 0 Å². The topological polar surface area (TPSA) is 98.4 Å². The number of nitrogens with zero attached hydrogens (tertiary/aromatic N) is 3. The van der Waals surface area contributed by atoms with Crippen molar-refractivity contribution >= 4 is 33.2 Å². The van der Waals surface area contributed by atoms with Crippen LogP contribution in [0.25, 0.3) is 0 Å². The lowest BCUT2D eigenvalue weighted by Crippen LogP contribution is -2.27. The van der Waals surface area contributed by atoms with Gasteiger partial charge in [0.15, 0.2) is 0 Å². The number of hydrogen-bond acceptors (Lipinski definition) is 7. The first-order chi connectivity index (χ1) is 12.3. The third-order valence-electron chi connectivity index (χ3n) is 3.76. The summed E-state index contributed by atoms with van der Waals surface area (Å²) in [6, 6.07) is 4.22. The summed E-state index contributed by atoms with van der Waals surface area (Å²) >= 11 is 6.04.